The van der Waals surface area contributed by atoms with Crippen LogP contribution in [0.15, 0.2) is 0 Å². The van der Waals surface area contributed by atoms with Gasteiger partial charge in [0.25, 0.3) is 0 Å². The number of nitrogens with zero attached hydrogens (tertiary/aromatic N) is 2. The number of carbonyl (C=O) groups is 1. The summed E-state index contributed by atoms with van der Waals surface area (Å²) in [4.78, 5) is 10.3. The molecule has 1 heterocycles. The highest BCUT2D eigenvalue weighted by molar-refractivity contribution is 5.57. The molecule has 0 saturated carbocycles. The predicted molar refractivity (Wildman–Crippen MR) is 34.9 cm³/mol. The highest BCUT2D eigenvalue weighted by atomic mass is 16.1. The van der Waals surface area contributed by atoms with Gasteiger partial charge < -0.3 is 4.79 Å². The largest absolute Gasteiger partial charge is 0.302 e. The Kier molecular flexibility index (Phi) is 1.83. The molecule has 0 spiro atoms. The normalized spacial score (nSPS) is 31.1. The summed E-state index contributed by atoms with van der Waals surface area (Å²) in [6, 6.07) is 0.120. The van der Waals surface area contributed by atoms with Crippen LogP contribution in [0.4, 0.5) is 0 Å². The molecule has 0 amide bonds. The first-order valence-corrected chi connectivity index (χ1v) is 3.15. The Labute approximate surface area is 55.2 Å². The number of hydrazine groups is 1. The fraction of sp³-hybridized carbons (Fsp3) is 0.833. The standard InChI is InChI=1S/C6H12N2O/c1-7-4-3-6(5-9)8(7)2/h5-6H,3-4H2,1-2H3. The van der Waals surface area contributed by atoms with Crippen LogP contribution in [0, 0.1) is 0 Å². The van der Waals surface area contributed by atoms with E-state index in [9.17, 15) is 4.79 Å². The summed E-state index contributed by atoms with van der Waals surface area (Å²) in [5.41, 5.74) is 0. The molecule has 1 aliphatic rings. The average Bonchev–Trinajstić information content (AvgIpc) is 2.15. The van der Waals surface area contributed by atoms with Crippen LogP contribution < -0.4 is 0 Å². The molecule has 1 atom stereocenters. The maximum Gasteiger partial charge on any atom is 0.138 e. The SMILES string of the molecule is CN1CCC(C=O)N1C. The van der Waals surface area contributed by atoms with E-state index in [1.807, 2.05) is 19.1 Å². The van der Waals surface area contributed by atoms with Gasteiger partial charge in [-0.2, -0.15) is 0 Å². The Balaban J connectivity index is 2.50. The van der Waals surface area contributed by atoms with E-state index in [1.165, 1.54) is 0 Å². The van der Waals surface area contributed by atoms with Crippen LogP contribution in [-0.4, -0.2) is 43.0 Å². The minimum atomic E-state index is 0.120. The quantitative estimate of drug-likeness (QED) is 0.454. The monoisotopic (exact) mass is 128 g/mol. The third kappa shape index (κ3) is 1.11. The fourth-order valence-corrected chi connectivity index (χ4v) is 1.07. The van der Waals surface area contributed by atoms with E-state index in [0.29, 0.717) is 0 Å². The van der Waals surface area contributed by atoms with Gasteiger partial charge in [0, 0.05) is 20.6 Å². The molecule has 52 valence electrons. The summed E-state index contributed by atoms with van der Waals surface area (Å²) in [6.07, 6.45) is 1.97. The second kappa shape index (κ2) is 2.45. The second-order valence-corrected chi connectivity index (χ2v) is 2.45. The lowest BCUT2D eigenvalue weighted by molar-refractivity contribution is -0.113. The van der Waals surface area contributed by atoms with Gasteiger partial charge in [0.15, 0.2) is 0 Å². The van der Waals surface area contributed by atoms with Crippen molar-refractivity contribution in [1.82, 2.24) is 10.0 Å². The van der Waals surface area contributed by atoms with Crippen molar-refractivity contribution in [3.8, 4) is 0 Å². The number of likely N-dealkylation sites (N-methyl/N-ethyl adjacent to an activating group) is 1. The smallest absolute Gasteiger partial charge is 0.138 e. The lowest BCUT2D eigenvalue weighted by Gasteiger charge is -2.20. The van der Waals surface area contributed by atoms with Crippen molar-refractivity contribution in [2.24, 2.45) is 0 Å². The number of hydrogen-bond donors (Lipinski definition) is 0. The Bertz CT molecular complexity index is 116. The van der Waals surface area contributed by atoms with E-state index >= 15 is 0 Å². The van der Waals surface area contributed by atoms with Gasteiger partial charge in [0.1, 0.15) is 6.29 Å². The van der Waals surface area contributed by atoms with Gasteiger partial charge >= 0.3 is 0 Å². The van der Waals surface area contributed by atoms with E-state index in [-0.39, 0.29) is 6.04 Å². The third-order valence-electron chi connectivity index (χ3n) is 1.92. The van der Waals surface area contributed by atoms with E-state index < -0.39 is 0 Å². The van der Waals surface area contributed by atoms with Gasteiger partial charge in [-0.15, -0.1) is 0 Å². The zero-order valence-corrected chi connectivity index (χ0v) is 5.87. The van der Waals surface area contributed by atoms with Gasteiger partial charge in [-0.05, 0) is 6.42 Å². The molecule has 1 unspecified atom stereocenters. The number of rotatable bonds is 1. The van der Waals surface area contributed by atoms with Crippen LogP contribution in [0.25, 0.3) is 0 Å². The molecule has 1 aliphatic heterocycles. The molecule has 0 aromatic rings. The minimum Gasteiger partial charge on any atom is -0.302 e. The zero-order valence-electron chi connectivity index (χ0n) is 5.87. The molecule has 0 N–H and O–H groups in total. The molecule has 0 radical (unpaired) electrons. The molecule has 1 saturated heterocycles. The predicted octanol–water partition coefficient (Wildman–Crippen LogP) is -0.264. The number of carbonyl (C=O) groups excluding carboxylic acids is 1. The molecular weight excluding hydrogens is 116 g/mol. The van der Waals surface area contributed by atoms with Gasteiger partial charge in [-0.1, -0.05) is 0 Å². The molecule has 0 bridgehead atoms. The summed E-state index contributed by atoms with van der Waals surface area (Å²) >= 11 is 0. The van der Waals surface area contributed by atoms with Crippen LogP contribution >= 0.6 is 0 Å². The molecule has 3 nitrogen and oxygen atoms in total. The third-order valence-corrected chi connectivity index (χ3v) is 1.92. The lowest BCUT2D eigenvalue weighted by Crippen LogP contribution is -2.35. The first-order valence-electron chi connectivity index (χ1n) is 3.15. The van der Waals surface area contributed by atoms with Gasteiger partial charge in [0.05, 0.1) is 6.04 Å². The summed E-state index contributed by atoms with van der Waals surface area (Å²) in [7, 11) is 3.93. The van der Waals surface area contributed by atoms with Crippen molar-refractivity contribution in [2.45, 2.75) is 12.5 Å². The van der Waals surface area contributed by atoms with Crippen molar-refractivity contribution in [1.29, 1.82) is 0 Å². The topological polar surface area (TPSA) is 23.6 Å². The van der Waals surface area contributed by atoms with Crippen LogP contribution in [0.1, 0.15) is 6.42 Å². The summed E-state index contributed by atoms with van der Waals surface area (Å²) in [6.45, 7) is 1.000. The number of hydrogen-bond acceptors (Lipinski definition) is 3. The molecule has 9 heavy (non-hydrogen) atoms. The molecule has 1 fully saturated rings. The van der Waals surface area contributed by atoms with Crippen molar-refractivity contribution in [3.05, 3.63) is 0 Å². The highest BCUT2D eigenvalue weighted by Gasteiger charge is 2.24. The van der Waals surface area contributed by atoms with E-state index in [0.717, 1.165) is 19.3 Å². The van der Waals surface area contributed by atoms with Crippen LogP contribution in [-0.2, 0) is 4.79 Å². The van der Waals surface area contributed by atoms with Gasteiger partial charge in [-0.25, -0.2) is 10.0 Å². The Morgan fingerprint density at radius 3 is 2.44 bits per heavy atom. The molecule has 0 aromatic heterocycles. The molecule has 0 aliphatic carbocycles. The zero-order chi connectivity index (χ0) is 6.85. The van der Waals surface area contributed by atoms with Crippen molar-refractivity contribution in [2.75, 3.05) is 20.6 Å². The summed E-state index contributed by atoms with van der Waals surface area (Å²) < 4.78 is 0. The fourth-order valence-electron chi connectivity index (χ4n) is 1.07. The molecule has 1 rings (SSSR count). The Hall–Kier alpha value is -0.410. The molecule has 0 aromatic carbocycles. The highest BCUT2D eigenvalue weighted by Crippen LogP contribution is 2.10. The maximum atomic E-state index is 10.3. The van der Waals surface area contributed by atoms with Gasteiger partial charge in [-0.3, -0.25) is 0 Å². The van der Waals surface area contributed by atoms with E-state index in [4.69, 9.17) is 0 Å². The number of aldehydes is 1. The molecule has 3 heteroatoms. The Morgan fingerprint density at radius 2 is 2.22 bits per heavy atom. The minimum absolute atomic E-state index is 0.120. The average molecular weight is 128 g/mol. The Morgan fingerprint density at radius 1 is 1.56 bits per heavy atom. The van der Waals surface area contributed by atoms with Crippen molar-refractivity contribution >= 4 is 6.29 Å². The summed E-state index contributed by atoms with van der Waals surface area (Å²) in [5, 5.41) is 4.02. The van der Waals surface area contributed by atoms with Crippen LogP contribution in [0.2, 0.25) is 0 Å². The first kappa shape index (κ1) is 6.71. The maximum absolute atomic E-state index is 10.3. The second-order valence-electron chi connectivity index (χ2n) is 2.45. The van der Waals surface area contributed by atoms with Crippen molar-refractivity contribution < 1.29 is 4.79 Å². The van der Waals surface area contributed by atoms with Crippen LogP contribution in [0.3, 0.4) is 0 Å². The van der Waals surface area contributed by atoms with E-state index in [2.05, 4.69) is 5.01 Å². The van der Waals surface area contributed by atoms with Crippen LogP contribution in [0.5, 0.6) is 0 Å². The summed E-state index contributed by atoms with van der Waals surface area (Å²) in [5.74, 6) is 0. The van der Waals surface area contributed by atoms with Crippen molar-refractivity contribution in [3.63, 3.8) is 0 Å². The molecular formula is C6H12N2O. The van der Waals surface area contributed by atoms with E-state index in [1.54, 1.807) is 0 Å². The van der Waals surface area contributed by atoms with Gasteiger partial charge in [0.2, 0.25) is 0 Å². The first-order chi connectivity index (χ1) is 4.25. The lowest BCUT2D eigenvalue weighted by atomic mass is 10.3.